The zero-order chi connectivity index (χ0) is 13.7. The number of Topliss-reactive ketones (excluding diaryl/α,β-unsaturated/α-hetero) is 1. The van der Waals surface area contributed by atoms with Crippen molar-refractivity contribution in [3.8, 4) is 11.5 Å². The molecule has 1 aromatic rings. The highest BCUT2D eigenvalue weighted by Crippen LogP contribution is 2.51. The highest BCUT2D eigenvalue weighted by molar-refractivity contribution is 5.86. The summed E-state index contributed by atoms with van der Waals surface area (Å²) < 4.78 is 5.20. The number of aromatic hydroxyl groups is 1. The lowest BCUT2D eigenvalue weighted by atomic mass is 9.73. The fraction of sp³-hybridized carbons (Fsp3) is 0.533. The molecular formula is C15H18O4. The van der Waals surface area contributed by atoms with Crippen molar-refractivity contribution in [2.24, 2.45) is 5.92 Å². The van der Waals surface area contributed by atoms with E-state index in [2.05, 4.69) is 0 Å². The van der Waals surface area contributed by atoms with Crippen molar-refractivity contribution in [2.45, 2.75) is 38.2 Å². The van der Waals surface area contributed by atoms with Crippen LogP contribution in [0, 0.1) is 12.8 Å². The second kappa shape index (κ2) is 4.23. The van der Waals surface area contributed by atoms with E-state index in [0.29, 0.717) is 25.0 Å². The third-order valence-electron chi connectivity index (χ3n) is 4.56. The maximum atomic E-state index is 11.9. The first-order valence-corrected chi connectivity index (χ1v) is 6.64. The minimum absolute atomic E-state index is 0.0694. The average molecular weight is 262 g/mol. The summed E-state index contributed by atoms with van der Waals surface area (Å²) in [7, 11) is 1.52. The average Bonchev–Trinajstić information content (AvgIpc) is 2.76. The van der Waals surface area contributed by atoms with Crippen molar-refractivity contribution < 1.29 is 19.7 Å². The van der Waals surface area contributed by atoms with Gasteiger partial charge in [-0.3, -0.25) is 4.79 Å². The van der Waals surface area contributed by atoms with Gasteiger partial charge in [0.15, 0.2) is 11.5 Å². The first-order valence-electron chi connectivity index (χ1n) is 6.64. The van der Waals surface area contributed by atoms with Crippen LogP contribution in [0.4, 0.5) is 0 Å². The van der Waals surface area contributed by atoms with E-state index in [1.165, 1.54) is 7.11 Å². The Morgan fingerprint density at radius 1 is 1.42 bits per heavy atom. The molecule has 3 rings (SSSR count). The van der Waals surface area contributed by atoms with Crippen molar-refractivity contribution in [3.05, 3.63) is 22.8 Å². The van der Waals surface area contributed by atoms with Crippen molar-refractivity contribution >= 4 is 5.78 Å². The second-order valence-electron chi connectivity index (χ2n) is 5.55. The summed E-state index contributed by atoms with van der Waals surface area (Å²) in [6, 6.07) is 1.79. The molecule has 0 amide bonds. The Bertz CT molecular complexity index is 550. The summed E-state index contributed by atoms with van der Waals surface area (Å²) in [4.78, 5) is 11.9. The summed E-state index contributed by atoms with van der Waals surface area (Å²) in [5, 5.41) is 20.6. The van der Waals surface area contributed by atoms with Gasteiger partial charge in [-0.15, -0.1) is 0 Å². The van der Waals surface area contributed by atoms with E-state index in [1.807, 2.05) is 6.92 Å². The number of rotatable bonds is 1. The Morgan fingerprint density at radius 2 is 2.16 bits per heavy atom. The summed E-state index contributed by atoms with van der Waals surface area (Å²) >= 11 is 0. The van der Waals surface area contributed by atoms with Crippen molar-refractivity contribution in [2.75, 3.05) is 7.11 Å². The van der Waals surface area contributed by atoms with Gasteiger partial charge >= 0.3 is 0 Å². The summed E-state index contributed by atoms with van der Waals surface area (Å²) in [6.45, 7) is 1.95. The molecule has 102 valence electrons. The maximum Gasteiger partial charge on any atom is 0.161 e. The molecule has 0 radical (unpaired) electrons. The van der Waals surface area contributed by atoms with Crippen LogP contribution in [0.25, 0.3) is 0 Å². The third kappa shape index (κ3) is 1.66. The number of ketones is 1. The van der Waals surface area contributed by atoms with Crippen LogP contribution in [0.5, 0.6) is 11.5 Å². The van der Waals surface area contributed by atoms with Crippen LogP contribution >= 0.6 is 0 Å². The number of aryl methyl sites for hydroxylation is 1. The topological polar surface area (TPSA) is 66.8 Å². The van der Waals surface area contributed by atoms with Crippen molar-refractivity contribution in [1.82, 2.24) is 0 Å². The number of hydrogen-bond donors (Lipinski definition) is 2. The molecule has 2 aliphatic rings. The molecule has 1 saturated carbocycles. The maximum absolute atomic E-state index is 11.9. The predicted molar refractivity (Wildman–Crippen MR) is 69.6 cm³/mol. The summed E-state index contributed by atoms with van der Waals surface area (Å²) in [6.07, 6.45) is 1.000. The molecule has 1 fully saturated rings. The van der Waals surface area contributed by atoms with E-state index in [4.69, 9.17) is 4.74 Å². The minimum atomic E-state index is -0.626. The molecule has 0 saturated heterocycles. The van der Waals surface area contributed by atoms with Crippen LogP contribution in [0.2, 0.25) is 0 Å². The van der Waals surface area contributed by atoms with Gasteiger partial charge in [0.1, 0.15) is 5.78 Å². The molecule has 2 aliphatic carbocycles. The molecule has 0 aromatic heterocycles. The molecule has 0 heterocycles. The first-order chi connectivity index (χ1) is 9.04. The summed E-state index contributed by atoms with van der Waals surface area (Å²) in [5.41, 5.74) is 2.79. The molecule has 19 heavy (non-hydrogen) atoms. The number of carbonyl (C=O) groups excluding carboxylic acids is 1. The second-order valence-corrected chi connectivity index (χ2v) is 5.55. The molecular weight excluding hydrogens is 244 g/mol. The van der Waals surface area contributed by atoms with Gasteiger partial charge in [-0.2, -0.15) is 0 Å². The first kappa shape index (κ1) is 12.5. The highest BCUT2D eigenvalue weighted by Gasteiger charge is 2.46. The number of aliphatic hydroxyl groups excluding tert-OH is 1. The summed E-state index contributed by atoms with van der Waals surface area (Å²) in [5.74, 6) is 0.276. The van der Waals surface area contributed by atoms with Crippen LogP contribution in [0.1, 0.15) is 35.4 Å². The normalized spacial score (nSPS) is 29.0. The Hall–Kier alpha value is -1.55. The number of hydrogen-bond acceptors (Lipinski definition) is 4. The smallest absolute Gasteiger partial charge is 0.161 e. The van der Waals surface area contributed by atoms with Crippen LogP contribution in [0.15, 0.2) is 6.07 Å². The van der Waals surface area contributed by atoms with E-state index >= 15 is 0 Å². The molecule has 3 atom stereocenters. The van der Waals surface area contributed by atoms with E-state index in [1.54, 1.807) is 6.07 Å². The van der Waals surface area contributed by atoms with Crippen LogP contribution < -0.4 is 4.74 Å². The monoisotopic (exact) mass is 262 g/mol. The van der Waals surface area contributed by atoms with Gasteiger partial charge in [0.2, 0.25) is 0 Å². The Balaban J connectivity index is 2.21. The van der Waals surface area contributed by atoms with Gasteiger partial charge in [0.05, 0.1) is 19.1 Å². The number of aliphatic hydroxyl groups is 1. The molecule has 0 spiro atoms. The van der Waals surface area contributed by atoms with Crippen LogP contribution in [0.3, 0.4) is 0 Å². The quantitative estimate of drug-likeness (QED) is 0.808. The number of phenolic OH excluding ortho intramolecular Hbond substituents is 1. The van der Waals surface area contributed by atoms with Gasteiger partial charge in [0, 0.05) is 17.9 Å². The van der Waals surface area contributed by atoms with Crippen molar-refractivity contribution in [1.29, 1.82) is 0 Å². The largest absolute Gasteiger partial charge is 0.504 e. The Morgan fingerprint density at radius 3 is 2.84 bits per heavy atom. The van der Waals surface area contributed by atoms with E-state index in [0.717, 1.165) is 16.7 Å². The Kier molecular flexibility index (Phi) is 2.78. The Labute approximate surface area is 112 Å². The van der Waals surface area contributed by atoms with Crippen molar-refractivity contribution in [3.63, 3.8) is 0 Å². The number of fused-ring (bicyclic) bond motifs is 3. The molecule has 2 N–H and O–H groups in total. The number of phenols is 1. The van der Waals surface area contributed by atoms with E-state index < -0.39 is 6.10 Å². The van der Waals surface area contributed by atoms with E-state index in [9.17, 15) is 15.0 Å². The molecule has 4 nitrogen and oxygen atoms in total. The van der Waals surface area contributed by atoms with Crippen LogP contribution in [-0.4, -0.2) is 29.2 Å². The highest BCUT2D eigenvalue weighted by atomic mass is 16.5. The fourth-order valence-corrected chi connectivity index (χ4v) is 3.68. The van der Waals surface area contributed by atoms with Crippen LogP contribution in [-0.2, 0) is 11.2 Å². The lowest BCUT2D eigenvalue weighted by Gasteiger charge is -2.33. The number of ether oxygens (including phenoxy) is 1. The molecule has 4 heteroatoms. The lowest BCUT2D eigenvalue weighted by molar-refractivity contribution is -0.124. The molecule has 0 aliphatic heterocycles. The number of benzene rings is 1. The van der Waals surface area contributed by atoms with E-state index in [-0.39, 0.29) is 23.4 Å². The zero-order valence-corrected chi connectivity index (χ0v) is 11.1. The minimum Gasteiger partial charge on any atom is -0.504 e. The lowest BCUT2D eigenvalue weighted by Crippen LogP contribution is -2.35. The predicted octanol–water partition coefficient (Wildman–Crippen LogP) is 1.69. The number of methoxy groups -OCH3 is 1. The number of carbonyl (C=O) groups is 1. The van der Waals surface area contributed by atoms with Gasteiger partial charge in [-0.25, -0.2) is 0 Å². The third-order valence-corrected chi connectivity index (χ3v) is 4.56. The molecule has 0 bridgehead atoms. The fourth-order valence-electron chi connectivity index (χ4n) is 3.68. The van der Waals surface area contributed by atoms with Gasteiger partial charge < -0.3 is 14.9 Å². The van der Waals surface area contributed by atoms with Gasteiger partial charge in [0.25, 0.3) is 0 Å². The molecule has 1 unspecified atom stereocenters. The van der Waals surface area contributed by atoms with Gasteiger partial charge in [-0.1, -0.05) is 0 Å². The van der Waals surface area contributed by atoms with Gasteiger partial charge in [-0.05, 0) is 37.0 Å². The zero-order valence-electron chi connectivity index (χ0n) is 11.1. The molecule has 1 aromatic carbocycles. The standard InChI is InChI=1S/C15H18O4/c1-7-5-12(19-2)15(18)13-8-3-4-10(16)14(8)11(17)6-9(7)13/h5,8,11,14,17-18H,3-4,6H2,1-2H3/t8-,11?,14+/m0/s1. The SMILES string of the molecule is COc1cc(C)c2c(c1O)[C@@H]1CCC(=O)[C@@H]1C(O)C2.